The van der Waals surface area contributed by atoms with Gasteiger partial charge in [-0.05, 0) is 48.6 Å². The molecule has 1 aromatic rings. The molecular formula is C12H13Cl2N. The molecular weight excluding hydrogens is 229 g/mol. The van der Waals surface area contributed by atoms with Gasteiger partial charge in [0.05, 0.1) is 0 Å². The van der Waals surface area contributed by atoms with E-state index in [4.69, 9.17) is 28.9 Å². The summed E-state index contributed by atoms with van der Waals surface area (Å²) in [6.45, 7) is 0. The van der Waals surface area contributed by atoms with Gasteiger partial charge in [-0.25, -0.2) is 0 Å². The Bertz CT molecular complexity index is 399. The van der Waals surface area contributed by atoms with Gasteiger partial charge in [-0.2, -0.15) is 0 Å². The third kappa shape index (κ3) is 2.54. The van der Waals surface area contributed by atoms with Crippen LogP contribution in [0.4, 0.5) is 0 Å². The standard InChI is InChI=1S/C12H13Cl2N/c13-9-4-5-12(14)11(7-9)8-2-1-3-10(15)6-8/h4-7,10H,1-3,15H2. The van der Waals surface area contributed by atoms with Crippen molar-refractivity contribution < 1.29 is 0 Å². The molecule has 0 radical (unpaired) electrons. The summed E-state index contributed by atoms with van der Waals surface area (Å²) in [5.41, 5.74) is 8.15. The maximum absolute atomic E-state index is 6.14. The largest absolute Gasteiger partial charge is 0.324 e. The van der Waals surface area contributed by atoms with E-state index in [1.807, 2.05) is 12.1 Å². The summed E-state index contributed by atoms with van der Waals surface area (Å²) in [7, 11) is 0. The van der Waals surface area contributed by atoms with Crippen LogP contribution in [0.25, 0.3) is 5.57 Å². The Labute approximate surface area is 99.9 Å². The SMILES string of the molecule is NC1C=C(c2cc(Cl)ccc2Cl)CCC1. The Kier molecular flexibility index (Phi) is 3.35. The van der Waals surface area contributed by atoms with Crippen LogP contribution in [0.5, 0.6) is 0 Å². The van der Waals surface area contributed by atoms with Crippen LogP contribution in [0.1, 0.15) is 24.8 Å². The molecule has 0 saturated carbocycles. The fourth-order valence-electron chi connectivity index (χ4n) is 1.92. The van der Waals surface area contributed by atoms with Crippen molar-refractivity contribution in [1.82, 2.24) is 0 Å². The van der Waals surface area contributed by atoms with Gasteiger partial charge >= 0.3 is 0 Å². The van der Waals surface area contributed by atoms with Crippen molar-refractivity contribution in [2.45, 2.75) is 25.3 Å². The van der Waals surface area contributed by atoms with E-state index in [0.717, 1.165) is 34.9 Å². The highest BCUT2D eigenvalue weighted by Crippen LogP contribution is 2.32. The van der Waals surface area contributed by atoms with Crippen LogP contribution in [-0.4, -0.2) is 6.04 Å². The molecule has 0 saturated heterocycles. The number of nitrogens with two attached hydrogens (primary N) is 1. The lowest BCUT2D eigenvalue weighted by Crippen LogP contribution is -2.20. The molecule has 0 bridgehead atoms. The lowest BCUT2D eigenvalue weighted by atomic mass is 9.91. The Morgan fingerprint density at radius 3 is 2.80 bits per heavy atom. The van der Waals surface area contributed by atoms with E-state index in [-0.39, 0.29) is 6.04 Å². The fourth-order valence-corrected chi connectivity index (χ4v) is 2.33. The predicted octanol–water partition coefficient (Wildman–Crippen LogP) is 3.89. The molecule has 1 aromatic carbocycles. The van der Waals surface area contributed by atoms with Gasteiger partial charge in [0.1, 0.15) is 0 Å². The minimum Gasteiger partial charge on any atom is -0.324 e. The average Bonchev–Trinajstić information content (AvgIpc) is 2.22. The van der Waals surface area contributed by atoms with Crippen molar-refractivity contribution in [2.75, 3.05) is 0 Å². The van der Waals surface area contributed by atoms with Crippen LogP contribution < -0.4 is 5.73 Å². The molecule has 0 spiro atoms. The molecule has 1 unspecified atom stereocenters. The molecule has 15 heavy (non-hydrogen) atoms. The number of benzene rings is 1. The van der Waals surface area contributed by atoms with Crippen molar-refractivity contribution in [3.05, 3.63) is 39.9 Å². The van der Waals surface area contributed by atoms with Crippen LogP contribution in [0.15, 0.2) is 24.3 Å². The molecule has 0 heterocycles. The summed E-state index contributed by atoms with van der Waals surface area (Å²) in [4.78, 5) is 0. The maximum Gasteiger partial charge on any atom is 0.0482 e. The number of halogens is 2. The molecule has 0 amide bonds. The van der Waals surface area contributed by atoms with E-state index >= 15 is 0 Å². The smallest absolute Gasteiger partial charge is 0.0482 e. The van der Waals surface area contributed by atoms with Gasteiger partial charge in [-0.1, -0.05) is 29.3 Å². The number of hydrogen-bond acceptors (Lipinski definition) is 1. The molecule has 1 nitrogen and oxygen atoms in total. The second-order valence-electron chi connectivity index (χ2n) is 3.87. The molecule has 1 aliphatic carbocycles. The average molecular weight is 242 g/mol. The monoisotopic (exact) mass is 241 g/mol. The summed E-state index contributed by atoms with van der Waals surface area (Å²) in [6, 6.07) is 5.70. The van der Waals surface area contributed by atoms with Crippen molar-refractivity contribution in [3.8, 4) is 0 Å². The van der Waals surface area contributed by atoms with Crippen LogP contribution in [0.3, 0.4) is 0 Å². The third-order valence-corrected chi connectivity index (χ3v) is 3.24. The number of rotatable bonds is 1. The van der Waals surface area contributed by atoms with Gasteiger partial charge in [-0.15, -0.1) is 0 Å². The molecule has 2 N–H and O–H groups in total. The fraction of sp³-hybridized carbons (Fsp3) is 0.333. The van der Waals surface area contributed by atoms with Crippen LogP contribution in [0, 0.1) is 0 Å². The van der Waals surface area contributed by atoms with Crippen molar-refractivity contribution in [3.63, 3.8) is 0 Å². The molecule has 1 atom stereocenters. The van der Waals surface area contributed by atoms with Gasteiger partial charge < -0.3 is 5.73 Å². The maximum atomic E-state index is 6.14. The zero-order valence-corrected chi connectivity index (χ0v) is 9.85. The normalized spacial score (nSPS) is 21.3. The second-order valence-corrected chi connectivity index (χ2v) is 4.72. The first kappa shape index (κ1) is 11.0. The van der Waals surface area contributed by atoms with Crippen LogP contribution in [-0.2, 0) is 0 Å². The van der Waals surface area contributed by atoms with Crippen LogP contribution >= 0.6 is 23.2 Å². The topological polar surface area (TPSA) is 26.0 Å². The van der Waals surface area contributed by atoms with Gasteiger partial charge in [0.25, 0.3) is 0 Å². The minimum absolute atomic E-state index is 0.156. The molecule has 1 aliphatic rings. The van der Waals surface area contributed by atoms with E-state index < -0.39 is 0 Å². The van der Waals surface area contributed by atoms with Crippen molar-refractivity contribution in [1.29, 1.82) is 0 Å². The number of hydrogen-bond donors (Lipinski definition) is 1. The predicted molar refractivity (Wildman–Crippen MR) is 66.3 cm³/mol. The highest BCUT2D eigenvalue weighted by Gasteiger charge is 2.13. The molecule has 0 aromatic heterocycles. The highest BCUT2D eigenvalue weighted by atomic mass is 35.5. The second kappa shape index (κ2) is 4.56. The van der Waals surface area contributed by atoms with E-state index in [9.17, 15) is 0 Å². The number of allylic oxidation sites excluding steroid dienone is 1. The first-order valence-electron chi connectivity index (χ1n) is 5.08. The summed E-state index contributed by atoms with van der Waals surface area (Å²) >= 11 is 12.1. The van der Waals surface area contributed by atoms with E-state index in [0.29, 0.717) is 0 Å². The lowest BCUT2D eigenvalue weighted by Gasteiger charge is -2.18. The van der Waals surface area contributed by atoms with Gasteiger partial charge in [0.2, 0.25) is 0 Å². The molecule has 0 fully saturated rings. The Balaban J connectivity index is 2.40. The van der Waals surface area contributed by atoms with E-state index in [2.05, 4.69) is 6.08 Å². The van der Waals surface area contributed by atoms with Gasteiger partial charge in [0.15, 0.2) is 0 Å². The summed E-state index contributed by atoms with van der Waals surface area (Å²) in [5.74, 6) is 0. The highest BCUT2D eigenvalue weighted by molar-refractivity contribution is 6.34. The quantitative estimate of drug-likeness (QED) is 0.794. The van der Waals surface area contributed by atoms with Crippen LogP contribution in [0.2, 0.25) is 10.0 Å². The summed E-state index contributed by atoms with van der Waals surface area (Å²) in [5, 5.41) is 1.47. The third-order valence-electron chi connectivity index (χ3n) is 2.67. The Hall–Kier alpha value is -0.500. The molecule has 0 aliphatic heterocycles. The Morgan fingerprint density at radius 1 is 1.27 bits per heavy atom. The molecule has 2 rings (SSSR count). The van der Waals surface area contributed by atoms with E-state index in [1.54, 1.807) is 6.07 Å². The van der Waals surface area contributed by atoms with Crippen molar-refractivity contribution >= 4 is 28.8 Å². The lowest BCUT2D eigenvalue weighted by molar-refractivity contribution is 0.654. The first-order valence-corrected chi connectivity index (χ1v) is 5.84. The van der Waals surface area contributed by atoms with E-state index in [1.165, 1.54) is 5.57 Å². The van der Waals surface area contributed by atoms with Crippen molar-refractivity contribution in [2.24, 2.45) is 5.73 Å². The Morgan fingerprint density at radius 2 is 2.07 bits per heavy atom. The molecule has 3 heteroatoms. The zero-order valence-electron chi connectivity index (χ0n) is 8.34. The zero-order chi connectivity index (χ0) is 10.8. The van der Waals surface area contributed by atoms with Gasteiger partial charge in [0, 0.05) is 16.1 Å². The first-order chi connectivity index (χ1) is 7.16. The summed E-state index contributed by atoms with van der Waals surface area (Å²) in [6.07, 6.45) is 5.31. The summed E-state index contributed by atoms with van der Waals surface area (Å²) < 4.78 is 0. The molecule has 80 valence electrons. The van der Waals surface area contributed by atoms with Gasteiger partial charge in [-0.3, -0.25) is 0 Å². The minimum atomic E-state index is 0.156.